The van der Waals surface area contributed by atoms with Crippen molar-refractivity contribution in [2.24, 2.45) is 11.5 Å². The summed E-state index contributed by atoms with van der Waals surface area (Å²) in [6, 6.07) is 5.00. The van der Waals surface area contributed by atoms with Gasteiger partial charge in [-0.2, -0.15) is 0 Å². The number of anilines is 1. The van der Waals surface area contributed by atoms with Crippen molar-refractivity contribution in [3.63, 3.8) is 0 Å². The Bertz CT molecular complexity index is 861. The van der Waals surface area contributed by atoms with Gasteiger partial charge >= 0.3 is 0 Å². The highest BCUT2D eigenvalue weighted by molar-refractivity contribution is 7.98. The first-order valence-electron chi connectivity index (χ1n) is 8.54. The molecule has 1 atom stereocenters. The third-order valence-corrected chi connectivity index (χ3v) is 4.68. The lowest BCUT2D eigenvalue weighted by Gasteiger charge is -2.16. The molecular weight excluding hydrogens is 397 g/mol. The van der Waals surface area contributed by atoms with E-state index < -0.39 is 5.91 Å². The van der Waals surface area contributed by atoms with Gasteiger partial charge in [0.15, 0.2) is 0 Å². The van der Waals surface area contributed by atoms with Gasteiger partial charge in [-0.25, -0.2) is 9.97 Å². The van der Waals surface area contributed by atoms with Gasteiger partial charge < -0.3 is 27.0 Å². The lowest BCUT2D eigenvalue weighted by atomic mass is 10.0. The van der Waals surface area contributed by atoms with Crippen molar-refractivity contribution in [3.05, 3.63) is 29.8 Å². The second-order valence-corrected chi connectivity index (χ2v) is 6.54. The number of nitrogens with two attached hydrogens (primary N) is 2. The molecule has 152 valence electrons. The third-order valence-electron chi connectivity index (χ3n) is 3.39. The maximum atomic E-state index is 11.3. The van der Waals surface area contributed by atoms with Gasteiger partial charge in [-0.1, -0.05) is 26.0 Å². The summed E-state index contributed by atoms with van der Waals surface area (Å²) in [4.78, 5) is 20.2. The highest BCUT2D eigenvalue weighted by atomic mass is 32.2. The minimum atomic E-state index is -0.690. The molecule has 8 nitrogen and oxygen atoms in total. The number of aromatic hydroxyl groups is 1. The molecule has 0 saturated heterocycles. The molecule has 0 aliphatic carbocycles. The van der Waals surface area contributed by atoms with Crippen LogP contribution in [0.1, 0.15) is 19.4 Å². The van der Waals surface area contributed by atoms with Crippen LogP contribution in [0.3, 0.4) is 0 Å². The Morgan fingerprint density at radius 3 is 2.57 bits per heavy atom. The van der Waals surface area contributed by atoms with E-state index in [4.69, 9.17) is 16.6 Å². The number of aliphatic hydroxyl groups is 1. The topological polar surface area (TPSA) is 147 Å². The number of phenolic OH excluding ortho intramolecular Hbond substituents is 1. The van der Waals surface area contributed by atoms with Crippen LogP contribution >= 0.6 is 21.0 Å². The number of aliphatic hydroxyl groups excluding tert-OH is 1. The van der Waals surface area contributed by atoms with Gasteiger partial charge in [0.1, 0.15) is 10.8 Å². The number of nitrogens with one attached hydrogen (secondary N) is 1. The fourth-order valence-corrected chi connectivity index (χ4v) is 3.20. The van der Waals surface area contributed by atoms with Crippen molar-refractivity contribution >= 4 is 43.9 Å². The molecule has 7 N–H and O–H groups in total. The van der Waals surface area contributed by atoms with Crippen molar-refractivity contribution < 1.29 is 15.0 Å². The van der Waals surface area contributed by atoms with Crippen molar-refractivity contribution in [3.8, 4) is 17.0 Å². The van der Waals surface area contributed by atoms with Crippen LogP contribution in [0.15, 0.2) is 29.3 Å². The number of carbonyl (C=O) groups excluding carboxylic acids is 1. The Balaban J connectivity index is 0.00000190. The summed E-state index contributed by atoms with van der Waals surface area (Å²) in [6.07, 6.45) is 2.92. The average molecular weight is 423 g/mol. The van der Waals surface area contributed by atoms with E-state index in [1.165, 1.54) is 11.8 Å². The lowest BCUT2D eigenvalue weighted by molar-refractivity contribution is -0.113. The predicted molar refractivity (Wildman–Crippen MR) is 119 cm³/mol. The Morgan fingerprint density at radius 2 is 2.00 bits per heavy atom. The number of amides is 1. The summed E-state index contributed by atoms with van der Waals surface area (Å²) in [7, 11) is 2.46. The smallest absolute Gasteiger partial charge is 0.243 e. The number of rotatable bonds is 7. The standard InChI is InChI=1S/C16H20N5O3PS.C2H6/c1-26-15-12(9(17)7-11(18)24)13(20-16(21-15)19-5-6-22)8-3-2-4-10(23)14(8)25;1-2/h2-4,7,22-23H,5-6,17,25H2,1H3,(H2,18,24)(H,19,20,21);1-2H3/b9-7-;. The Labute approximate surface area is 171 Å². The number of primary amides is 1. The molecule has 1 unspecified atom stereocenters. The Hall–Kier alpha value is -2.35. The van der Waals surface area contributed by atoms with E-state index >= 15 is 0 Å². The summed E-state index contributed by atoms with van der Waals surface area (Å²) >= 11 is 1.32. The third kappa shape index (κ3) is 5.82. The SMILES string of the molecule is CC.CSc1nc(NCCO)nc(-c2cccc(O)c2P)c1/C(N)=C/C(N)=O. The molecule has 2 rings (SSSR count). The summed E-state index contributed by atoms with van der Waals surface area (Å²) in [5.41, 5.74) is 12.9. The number of phenols is 1. The minimum Gasteiger partial charge on any atom is -0.507 e. The number of aromatic nitrogens is 2. The van der Waals surface area contributed by atoms with Crippen molar-refractivity contribution in [2.75, 3.05) is 24.7 Å². The lowest BCUT2D eigenvalue weighted by Crippen LogP contribution is -2.15. The summed E-state index contributed by atoms with van der Waals surface area (Å²) in [5, 5.41) is 23.0. The van der Waals surface area contributed by atoms with Gasteiger partial charge in [-0.15, -0.1) is 21.0 Å². The molecular formula is C18H26N5O3PS. The maximum Gasteiger partial charge on any atom is 0.243 e. The molecule has 1 heterocycles. The Morgan fingerprint density at radius 1 is 1.32 bits per heavy atom. The molecule has 28 heavy (non-hydrogen) atoms. The minimum absolute atomic E-state index is 0.0742. The zero-order valence-electron chi connectivity index (χ0n) is 16.1. The number of hydrogen-bond acceptors (Lipinski definition) is 8. The van der Waals surface area contributed by atoms with Crippen LogP contribution in [0.25, 0.3) is 17.0 Å². The van der Waals surface area contributed by atoms with Crippen molar-refractivity contribution in [1.29, 1.82) is 0 Å². The fraction of sp³-hybridized carbons (Fsp3) is 0.278. The average Bonchev–Trinajstić information content (AvgIpc) is 2.68. The Kier molecular flexibility index (Phi) is 9.72. The highest BCUT2D eigenvalue weighted by Crippen LogP contribution is 2.34. The largest absolute Gasteiger partial charge is 0.507 e. The van der Waals surface area contributed by atoms with Gasteiger partial charge in [0, 0.05) is 29.2 Å². The molecule has 0 aliphatic rings. The van der Waals surface area contributed by atoms with E-state index in [1.807, 2.05) is 20.1 Å². The van der Waals surface area contributed by atoms with Crippen LogP contribution in [-0.2, 0) is 4.79 Å². The second-order valence-electron chi connectivity index (χ2n) is 5.17. The molecule has 1 amide bonds. The van der Waals surface area contributed by atoms with Gasteiger partial charge in [-0.05, 0) is 12.3 Å². The predicted octanol–water partition coefficient (Wildman–Crippen LogP) is 1.29. The highest BCUT2D eigenvalue weighted by Gasteiger charge is 2.20. The molecule has 0 aliphatic heterocycles. The molecule has 0 bridgehead atoms. The van der Waals surface area contributed by atoms with Gasteiger partial charge in [0.25, 0.3) is 0 Å². The number of hydrogen-bond donors (Lipinski definition) is 5. The van der Waals surface area contributed by atoms with Gasteiger partial charge in [-0.3, -0.25) is 4.79 Å². The van der Waals surface area contributed by atoms with E-state index in [1.54, 1.807) is 18.2 Å². The molecule has 0 spiro atoms. The number of benzene rings is 1. The van der Waals surface area contributed by atoms with Gasteiger partial charge in [0.2, 0.25) is 11.9 Å². The van der Waals surface area contributed by atoms with Crippen LogP contribution in [0.4, 0.5) is 5.95 Å². The zero-order valence-corrected chi connectivity index (χ0v) is 18.0. The van der Waals surface area contributed by atoms with E-state index in [0.29, 0.717) is 33.1 Å². The zero-order chi connectivity index (χ0) is 21.3. The fourth-order valence-electron chi connectivity index (χ4n) is 2.27. The first-order chi connectivity index (χ1) is 13.4. The van der Waals surface area contributed by atoms with E-state index in [9.17, 15) is 9.90 Å². The molecule has 2 aromatic rings. The van der Waals surface area contributed by atoms with Crippen LogP contribution in [0.2, 0.25) is 0 Å². The maximum absolute atomic E-state index is 11.3. The normalized spacial score (nSPS) is 10.8. The second kappa shape index (κ2) is 11.5. The summed E-state index contributed by atoms with van der Waals surface area (Å²) in [5.74, 6) is -0.322. The van der Waals surface area contributed by atoms with Gasteiger partial charge in [0.05, 0.1) is 17.9 Å². The van der Waals surface area contributed by atoms with E-state index in [2.05, 4.69) is 24.5 Å². The first-order valence-corrected chi connectivity index (χ1v) is 10.3. The number of thioether (sulfide) groups is 1. The van der Waals surface area contributed by atoms with Crippen LogP contribution in [-0.4, -0.2) is 45.5 Å². The molecule has 10 heteroatoms. The van der Waals surface area contributed by atoms with Crippen LogP contribution in [0, 0.1) is 0 Å². The summed E-state index contributed by atoms with van der Waals surface area (Å²) < 4.78 is 0. The van der Waals surface area contributed by atoms with Crippen LogP contribution < -0.4 is 22.1 Å². The molecule has 1 aromatic carbocycles. The molecule has 0 radical (unpaired) electrons. The van der Waals surface area contributed by atoms with Crippen molar-refractivity contribution in [1.82, 2.24) is 9.97 Å². The molecule has 1 aromatic heterocycles. The molecule has 0 saturated carbocycles. The number of carbonyl (C=O) groups is 1. The summed E-state index contributed by atoms with van der Waals surface area (Å²) in [6.45, 7) is 4.19. The van der Waals surface area contributed by atoms with E-state index in [0.717, 1.165) is 6.08 Å². The quantitative estimate of drug-likeness (QED) is 0.194. The number of nitrogens with zero attached hydrogens (tertiary/aromatic N) is 2. The van der Waals surface area contributed by atoms with Crippen molar-refractivity contribution in [2.45, 2.75) is 18.9 Å². The van der Waals surface area contributed by atoms with E-state index in [-0.39, 0.29) is 24.6 Å². The first kappa shape index (κ1) is 23.7. The van der Waals surface area contributed by atoms with Crippen LogP contribution in [0.5, 0.6) is 5.75 Å². The monoisotopic (exact) mass is 423 g/mol. The molecule has 0 fully saturated rings.